The number of anilines is 2. The quantitative estimate of drug-likeness (QED) is 0.208. The van der Waals surface area contributed by atoms with Gasteiger partial charge in [-0.25, -0.2) is 4.79 Å². The first-order valence-electron chi connectivity index (χ1n) is 14.4. The van der Waals surface area contributed by atoms with Crippen LogP contribution in [0.15, 0.2) is 77.8 Å². The van der Waals surface area contributed by atoms with E-state index in [9.17, 15) is 9.35 Å². The molecule has 1 aliphatic heterocycles. The third-order valence-electron chi connectivity index (χ3n) is 8.19. The molecule has 4 aromatic rings. The third kappa shape index (κ3) is 6.75. The largest absolute Gasteiger partial charge is 0.612 e. The van der Waals surface area contributed by atoms with Crippen molar-refractivity contribution in [3.8, 4) is 11.1 Å². The first-order valence-corrected chi connectivity index (χ1v) is 15.9. The molecule has 214 valence electrons. The third-order valence-corrected chi connectivity index (χ3v) is 9.09. The maximum Gasteiger partial charge on any atom is 0.323 e. The number of pyridine rings is 1. The molecule has 2 unspecified atom stereocenters. The van der Waals surface area contributed by atoms with Gasteiger partial charge in [-0.2, -0.15) is 0 Å². The van der Waals surface area contributed by atoms with Gasteiger partial charge in [-0.15, -0.1) is 0 Å². The summed E-state index contributed by atoms with van der Waals surface area (Å²) in [5.74, 6) is 1.10. The van der Waals surface area contributed by atoms with Crippen LogP contribution < -0.4 is 16.0 Å². The van der Waals surface area contributed by atoms with Crippen LogP contribution in [0.1, 0.15) is 57.7 Å². The number of piperidine rings is 1. The Morgan fingerprint density at radius 1 is 1.00 bits per heavy atom. The number of carbonyl (C=O) groups excluding carboxylic acids is 1. The number of nitrogens with one attached hydrogen (secondary N) is 3. The average molecular weight is 569 g/mol. The lowest BCUT2D eigenvalue weighted by Crippen LogP contribution is -2.30. The van der Waals surface area contributed by atoms with E-state index in [1.807, 2.05) is 48.7 Å². The molecule has 3 N–H and O–H groups in total. The molecule has 0 bridgehead atoms. The second kappa shape index (κ2) is 12.2. The fraction of sp³-hybridized carbons (Fsp3) is 0.353. The van der Waals surface area contributed by atoms with Crippen molar-refractivity contribution in [1.82, 2.24) is 10.3 Å². The van der Waals surface area contributed by atoms with E-state index in [2.05, 4.69) is 61.8 Å². The Kier molecular flexibility index (Phi) is 8.68. The van der Waals surface area contributed by atoms with Gasteiger partial charge >= 0.3 is 6.03 Å². The number of hydrogen-bond donors (Lipinski definition) is 3. The van der Waals surface area contributed by atoms with Crippen LogP contribution in [0.3, 0.4) is 0 Å². The van der Waals surface area contributed by atoms with Gasteiger partial charge < -0.3 is 20.5 Å². The van der Waals surface area contributed by atoms with Crippen LogP contribution in [0.4, 0.5) is 16.2 Å². The molecule has 2 atom stereocenters. The summed E-state index contributed by atoms with van der Waals surface area (Å²) in [6.07, 6.45) is 6.01. The lowest BCUT2D eigenvalue weighted by atomic mass is 9.84. The van der Waals surface area contributed by atoms with Gasteiger partial charge in [0.25, 0.3) is 0 Å². The standard InChI is InChI=1S/C34H40N4O2S/c1-22(23-14-16-35-17-15-23)31-12-10-24(21-36-31)28-11-13-32(30-9-7-6-8-29(28)30)38-33(39)37-26-18-25(34(2,3)4)19-27(20-26)41(5)40/h6-13,18-23,35H,14-17H2,1-5H3,(H2,37,38,39). The molecule has 0 radical (unpaired) electrons. The van der Waals surface area contributed by atoms with Crippen molar-refractivity contribution >= 4 is 39.4 Å². The van der Waals surface area contributed by atoms with Gasteiger partial charge in [-0.3, -0.25) is 4.98 Å². The number of carbonyl (C=O) groups is 1. The summed E-state index contributed by atoms with van der Waals surface area (Å²) in [6, 6.07) is 21.7. The second-order valence-electron chi connectivity index (χ2n) is 12.1. The maximum absolute atomic E-state index is 13.1. The first kappa shape index (κ1) is 29.1. The fourth-order valence-electron chi connectivity index (χ4n) is 5.63. The second-order valence-corrected chi connectivity index (χ2v) is 13.5. The van der Waals surface area contributed by atoms with E-state index >= 15 is 0 Å². The normalized spacial score (nSPS) is 15.9. The summed E-state index contributed by atoms with van der Waals surface area (Å²) in [5.41, 5.74) is 5.48. The van der Waals surface area contributed by atoms with Gasteiger partial charge in [-0.1, -0.05) is 64.1 Å². The Morgan fingerprint density at radius 2 is 1.73 bits per heavy atom. The van der Waals surface area contributed by atoms with Gasteiger partial charge in [-0.05, 0) is 89.2 Å². The van der Waals surface area contributed by atoms with Crippen molar-refractivity contribution < 1.29 is 9.35 Å². The Balaban J connectivity index is 1.37. The molecular formula is C34H40N4O2S. The van der Waals surface area contributed by atoms with Crippen LogP contribution in [0.5, 0.6) is 0 Å². The summed E-state index contributed by atoms with van der Waals surface area (Å²) in [7, 11) is 0. The Morgan fingerprint density at radius 3 is 2.39 bits per heavy atom. The van der Waals surface area contributed by atoms with Crippen molar-refractivity contribution in [2.75, 3.05) is 30.0 Å². The number of nitrogens with zero attached hydrogens (tertiary/aromatic N) is 1. The smallest absolute Gasteiger partial charge is 0.323 e. The fourth-order valence-corrected chi connectivity index (χ4v) is 6.22. The van der Waals surface area contributed by atoms with E-state index in [0.29, 0.717) is 22.4 Å². The highest BCUT2D eigenvalue weighted by Gasteiger charge is 2.23. The molecule has 5 rings (SSSR count). The predicted molar refractivity (Wildman–Crippen MR) is 171 cm³/mol. The highest BCUT2D eigenvalue weighted by atomic mass is 32.2. The van der Waals surface area contributed by atoms with Crippen LogP contribution in [-0.2, 0) is 16.6 Å². The van der Waals surface area contributed by atoms with E-state index < -0.39 is 11.2 Å². The molecule has 0 aliphatic carbocycles. The van der Waals surface area contributed by atoms with Crippen molar-refractivity contribution in [3.63, 3.8) is 0 Å². The number of amides is 2. The van der Waals surface area contributed by atoms with E-state index in [4.69, 9.17) is 4.98 Å². The summed E-state index contributed by atoms with van der Waals surface area (Å²) in [5, 5.41) is 11.4. The Hall–Kier alpha value is -3.39. The minimum Gasteiger partial charge on any atom is -0.612 e. The summed E-state index contributed by atoms with van der Waals surface area (Å²) < 4.78 is 12.2. The van der Waals surface area contributed by atoms with Crippen LogP contribution >= 0.6 is 0 Å². The van der Waals surface area contributed by atoms with Gasteiger partial charge in [0.1, 0.15) is 6.26 Å². The number of rotatable bonds is 6. The monoisotopic (exact) mass is 568 g/mol. The SMILES string of the molecule is CC(c1ccc(-c2ccc(NC(=O)Nc3cc([S+](C)[O-])cc(C(C)(C)C)c3)c3ccccc23)cn1)C1CCNCC1. The van der Waals surface area contributed by atoms with E-state index in [0.717, 1.165) is 51.9 Å². The van der Waals surface area contributed by atoms with E-state index in [1.54, 1.807) is 12.3 Å². The summed E-state index contributed by atoms with van der Waals surface area (Å²) in [4.78, 5) is 18.7. The van der Waals surface area contributed by atoms with Crippen molar-refractivity contribution in [2.24, 2.45) is 5.92 Å². The maximum atomic E-state index is 13.1. The molecule has 0 spiro atoms. The molecule has 7 heteroatoms. The molecule has 6 nitrogen and oxygen atoms in total. The molecule has 1 aliphatic rings. The van der Waals surface area contributed by atoms with Crippen molar-refractivity contribution in [2.45, 2.75) is 56.8 Å². The topological polar surface area (TPSA) is 89.1 Å². The molecule has 1 fully saturated rings. The highest BCUT2D eigenvalue weighted by molar-refractivity contribution is 7.90. The van der Waals surface area contributed by atoms with Crippen LogP contribution in [0, 0.1) is 5.92 Å². The zero-order valence-corrected chi connectivity index (χ0v) is 25.4. The first-order chi connectivity index (χ1) is 19.6. The molecule has 2 heterocycles. The molecular weight excluding hydrogens is 528 g/mol. The number of urea groups is 1. The lowest BCUT2D eigenvalue weighted by Gasteiger charge is -2.28. The van der Waals surface area contributed by atoms with Gasteiger partial charge in [0.2, 0.25) is 0 Å². The summed E-state index contributed by atoms with van der Waals surface area (Å²) >= 11 is -1.16. The summed E-state index contributed by atoms with van der Waals surface area (Å²) in [6.45, 7) is 10.8. The van der Waals surface area contributed by atoms with E-state index in [1.165, 1.54) is 12.8 Å². The van der Waals surface area contributed by atoms with Crippen LogP contribution in [0.25, 0.3) is 21.9 Å². The number of hydrogen-bond acceptors (Lipinski definition) is 4. The molecule has 41 heavy (non-hydrogen) atoms. The highest BCUT2D eigenvalue weighted by Crippen LogP contribution is 2.35. The number of benzene rings is 3. The molecule has 2 amide bonds. The Labute approximate surface area is 246 Å². The zero-order valence-electron chi connectivity index (χ0n) is 24.6. The van der Waals surface area contributed by atoms with Gasteiger partial charge in [0.05, 0.1) is 5.69 Å². The molecule has 0 saturated carbocycles. The minimum atomic E-state index is -1.16. The molecule has 1 saturated heterocycles. The predicted octanol–water partition coefficient (Wildman–Crippen LogP) is 7.68. The Bertz CT molecular complexity index is 1520. The average Bonchev–Trinajstić information content (AvgIpc) is 2.97. The number of fused-ring (bicyclic) bond motifs is 1. The lowest BCUT2D eigenvalue weighted by molar-refractivity contribution is 0.262. The zero-order chi connectivity index (χ0) is 29.1. The molecule has 1 aromatic heterocycles. The van der Waals surface area contributed by atoms with Crippen LogP contribution in [-0.4, -0.2) is 34.9 Å². The van der Waals surface area contributed by atoms with Crippen molar-refractivity contribution in [1.29, 1.82) is 0 Å². The van der Waals surface area contributed by atoms with Gasteiger partial charge in [0.15, 0.2) is 4.90 Å². The molecule has 3 aromatic carbocycles. The van der Waals surface area contributed by atoms with E-state index in [-0.39, 0.29) is 11.4 Å². The van der Waals surface area contributed by atoms with Gasteiger partial charge in [0, 0.05) is 40.5 Å². The van der Waals surface area contributed by atoms with Crippen LogP contribution in [0.2, 0.25) is 0 Å². The van der Waals surface area contributed by atoms with Crippen molar-refractivity contribution in [3.05, 3.63) is 84.2 Å². The number of aromatic nitrogens is 1. The minimum absolute atomic E-state index is 0.146.